The molecule has 2 N–H and O–H groups in total. The van der Waals surface area contributed by atoms with Crippen LogP contribution in [-0.4, -0.2) is 12.3 Å². The maximum absolute atomic E-state index is 12.1. The van der Waals surface area contributed by atoms with E-state index in [-0.39, 0.29) is 11.2 Å². The molecule has 1 aliphatic rings. The van der Waals surface area contributed by atoms with Crippen molar-refractivity contribution < 1.29 is 4.79 Å². The van der Waals surface area contributed by atoms with E-state index in [1.165, 1.54) is 0 Å². The summed E-state index contributed by atoms with van der Waals surface area (Å²) in [6.45, 7) is 0.479. The zero-order valence-electron chi connectivity index (χ0n) is 9.21. The maximum Gasteiger partial charge on any atom is 0.144 e. The third kappa shape index (κ3) is 2.13. The van der Waals surface area contributed by atoms with E-state index in [9.17, 15) is 4.79 Å². The summed E-state index contributed by atoms with van der Waals surface area (Å²) in [4.78, 5) is 12.1. The predicted molar refractivity (Wildman–Crippen MR) is 65.5 cm³/mol. The Bertz CT molecular complexity index is 393. The minimum Gasteiger partial charge on any atom is -0.329 e. The third-order valence-electron chi connectivity index (χ3n) is 3.55. The van der Waals surface area contributed by atoms with E-state index in [4.69, 9.17) is 17.3 Å². The molecule has 0 radical (unpaired) electrons. The van der Waals surface area contributed by atoms with Crippen molar-refractivity contribution >= 4 is 17.4 Å². The SMILES string of the molecule is NCC1(C(=O)Cc2cccc(Cl)c2)CCC1. The summed E-state index contributed by atoms with van der Waals surface area (Å²) in [5.74, 6) is 0.267. The Kier molecular flexibility index (Phi) is 3.31. The fourth-order valence-corrected chi connectivity index (χ4v) is 2.43. The summed E-state index contributed by atoms with van der Waals surface area (Å²) >= 11 is 5.89. The average molecular weight is 238 g/mol. The number of hydrogen-bond donors (Lipinski definition) is 1. The lowest BCUT2D eigenvalue weighted by atomic mass is 9.65. The van der Waals surface area contributed by atoms with Gasteiger partial charge in [0.1, 0.15) is 5.78 Å². The second kappa shape index (κ2) is 4.56. The molecule has 1 aliphatic carbocycles. The van der Waals surface area contributed by atoms with Crippen LogP contribution in [0.5, 0.6) is 0 Å². The molecule has 1 saturated carbocycles. The van der Waals surface area contributed by atoms with Crippen LogP contribution in [0.1, 0.15) is 24.8 Å². The first-order valence-corrected chi connectivity index (χ1v) is 6.02. The first kappa shape index (κ1) is 11.6. The highest BCUT2D eigenvalue weighted by molar-refractivity contribution is 6.30. The second-order valence-corrected chi connectivity index (χ2v) is 5.00. The highest BCUT2D eigenvalue weighted by atomic mass is 35.5. The van der Waals surface area contributed by atoms with Crippen LogP contribution in [-0.2, 0) is 11.2 Å². The summed E-state index contributed by atoms with van der Waals surface area (Å²) in [5, 5.41) is 0.681. The number of rotatable bonds is 4. The predicted octanol–water partition coefficient (Wildman–Crippen LogP) is 2.58. The van der Waals surface area contributed by atoms with Crippen LogP contribution in [0.3, 0.4) is 0 Å². The molecule has 2 rings (SSSR count). The monoisotopic (exact) mass is 237 g/mol. The van der Waals surface area contributed by atoms with Crippen LogP contribution in [0.2, 0.25) is 5.02 Å². The number of ketones is 1. The average Bonchev–Trinajstić information content (AvgIpc) is 2.16. The van der Waals surface area contributed by atoms with E-state index in [1.54, 1.807) is 0 Å². The molecule has 86 valence electrons. The Morgan fingerprint density at radius 3 is 2.69 bits per heavy atom. The van der Waals surface area contributed by atoms with Crippen molar-refractivity contribution in [2.75, 3.05) is 6.54 Å². The molecular weight excluding hydrogens is 222 g/mol. The van der Waals surface area contributed by atoms with Gasteiger partial charge in [-0.05, 0) is 30.5 Å². The smallest absolute Gasteiger partial charge is 0.144 e. The maximum atomic E-state index is 12.1. The first-order chi connectivity index (χ1) is 7.66. The van der Waals surface area contributed by atoms with Gasteiger partial charge in [0.25, 0.3) is 0 Å². The molecule has 0 aliphatic heterocycles. The van der Waals surface area contributed by atoms with Crippen molar-refractivity contribution in [1.82, 2.24) is 0 Å². The summed E-state index contributed by atoms with van der Waals surface area (Å²) in [5.41, 5.74) is 6.46. The fourth-order valence-electron chi connectivity index (χ4n) is 2.22. The summed E-state index contributed by atoms with van der Waals surface area (Å²) in [6.07, 6.45) is 3.47. The van der Waals surface area contributed by atoms with Crippen LogP contribution in [0.15, 0.2) is 24.3 Å². The highest BCUT2D eigenvalue weighted by Gasteiger charge is 2.41. The van der Waals surface area contributed by atoms with Gasteiger partial charge in [-0.25, -0.2) is 0 Å². The quantitative estimate of drug-likeness (QED) is 0.875. The molecule has 0 atom stereocenters. The van der Waals surface area contributed by atoms with Gasteiger partial charge in [-0.2, -0.15) is 0 Å². The normalized spacial score (nSPS) is 17.9. The van der Waals surface area contributed by atoms with Crippen molar-refractivity contribution in [1.29, 1.82) is 0 Å². The molecule has 0 saturated heterocycles. The van der Waals surface area contributed by atoms with Gasteiger partial charge in [-0.1, -0.05) is 30.2 Å². The molecule has 16 heavy (non-hydrogen) atoms. The molecule has 1 aromatic rings. The van der Waals surface area contributed by atoms with Crippen molar-refractivity contribution in [3.8, 4) is 0 Å². The lowest BCUT2D eigenvalue weighted by Crippen LogP contribution is -2.45. The molecule has 0 amide bonds. The van der Waals surface area contributed by atoms with E-state index < -0.39 is 0 Å². The van der Waals surface area contributed by atoms with Gasteiger partial charge in [-0.3, -0.25) is 4.79 Å². The number of hydrogen-bond acceptors (Lipinski definition) is 2. The topological polar surface area (TPSA) is 43.1 Å². The summed E-state index contributed by atoms with van der Waals surface area (Å²) < 4.78 is 0. The molecule has 1 aromatic carbocycles. The van der Waals surface area contributed by atoms with Gasteiger partial charge < -0.3 is 5.73 Å². The molecule has 1 fully saturated rings. The van der Waals surface area contributed by atoms with Gasteiger partial charge in [0.15, 0.2) is 0 Å². The van der Waals surface area contributed by atoms with Gasteiger partial charge >= 0.3 is 0 Å². The van der Waals surface area contributed by atoms with E-state index in [2.05, 4.69) is 0 Å². The van der Waals surface area contributed by atoms with Crippen LogP contribution >= 0.6 is 11.6 Å². The van der Waals surface area contributed by atoms with Crippen molar-refractivity contribution in [3.63, 3.8) is 0 Å². The lowest BCUT2D eigenvalue weighted by Gasteiger charge is -2.39. The van der Waals surface area contributed by atoms with Crippen LogP contribution in [0.25, 0.3) is 0 Å². The summed E-state index contributed by atoms with van der Waals surface area (Å²) in [6, 6.07) is 7.48. The Labute approximate surface area is 101 Å². The molecule has 0 bridgehead atoms. The minimum atomic E-state index is -0.234. The van der Waals surface area contributed by atoms with Gasteiger partial charge in [0, 0.05) is 23.4 Å². The van der Waals surface area contributed by atoms with E-state index in [0.29, 0.717) is 18.0 Å². The van der Waals surface area contributed by atoms with Crippen LogP contribution < -0.4 is 5.73 Å². The zero-order chi connectivity index (χ0) is 11.6. The highest BCUT2D eigenvalue weighted by Crippen LogP contribution is 2.41. The summed E-state index contributed by atoms with van der Waals surface area (Å²) in [7, 11) is 0. The first-order valence-electron chi connectivity index (χ1n) is 5.64. The lowest BCUT2D eigenvalue weighted by molar-refractivity contribution is -0.132. The molecule has 3 heteroatoms. The van der Waals surface area contributed by atoms with E-state index in [1.807, 2.05) is 24.3 Å². The second-order valence-electron chi connectivity index (χ2n) is 4.57. The molecule has 0 aromatic heterocycles. The zero-order valence-corrected chi connectivity index (χ0v) is 9.96. The van der Waals surface area contributed by atoms with Gasteiger partial charge in [-0.15, -0.1) is 0 Å². The number of carbonyl (C=O) groups excluding carboxylic acids is 1. The molecule has 0 unspecified atom stereocenters. The van der Waals surface area contributed by atoms with Gasteiger partial charge in [0.05, 0.1) is 0 Å². The van der Waals surface area contributed by atoms with Gasteiger partial charge in [0.2, 0.25) is 0 Å². The molecule has 0 heterocycles. The number of halogens is 1. The van der Waals surface area contributed by atoms with Crippen LogP contribution in [0.4, 0.5) is 0 Å². The largest absolute Gasteiger partial charge is 0.329 e. The van der Waals surface area contributed by atoms with Crippen molar-refractivity contribution in [2.24, 2.45) is 11.1 Å². The number of Topliss-reactive ketones (excluding diaryl/α,β-unsaturated/α-hetero) is 1. The Morgan fingerprint density at radius 1 is 1.44 bits per heavy atom. The van der Waals surface area contributed by atoms with Crippen molar-refractivity contribution in [2.45, 2.75) is 25.7 Å². The Morgan fingerprint density at radius 2 is 2.19 bits per heavy atom. The molecule has 0 spiro atoms. The molecular formula is C13H16ClNO. The number of benzene rings is 1. The standard InChI is InChI=1S/C13H16ClNO/c14-11-4-1-3-10(7-11)8-12(16)13(9-15)5-2-6-13/h1,3-4,7H,2,5-6,8-9,15H2. The number of nitrogens with two attached hydrogens (primary N) is 1. The Balaban J connectivity index is 2.07. The van der Waals surface area contributed by atoms with E-state index >= 15 is 0 Å². The minimum absolute atomic E-state index is 0.234. The van der Waals surface area contributed by atoms with Crippen molar-refractivity contribution in [3.05, 3.63) is 34.9 Å². The van der Waals surface area contributed by atoms with E-state index in [0.717, 1.165) is 24.8 Å². The van der Waals surface area contributed by atoms with Crippen LogP contribution in [0, 0.1) is 5.41 Å². The third-order valence-corrected chi connectivity index (χ3v) is 3.78. The fraction of sp³-hybridized carbons (Fsp3) is 0.462. The Hall–Kier alpha value is -0.860. The molecule has 2 nitrogen and oxygen atoms in total. The number of carbonyl (C=O) groups is 1.